The van der Waals surface area contributed by atoms with Gasteiger partial charge < -0.3 is 10.2 Å². The highest BCUT2D eigenvalue weighted by Crippen LogP contribution is 2.59. The van der Waals surface area contributed by atoms with Gasteiger partial charge in [0.1, 0.15) is 11.5 Å². The van der Waals surface area contributed by atoms with E-state index in [0.29, 0.717) is 24.1 Å². The number of piperidine rings is 1. The zero-order valence-electron chi connectivity index (χ0n) is 25.9. The molecule has 1 aliphatic carbocycles. The molecule has 0 radical (unpaired) electrons. The van der Waals surface area contributed by atoms with Gasteiger partial charge in [0.2, 0.25) is 0 Å². The summed E-state index contributed by atoms with van der Waals surface area (Å²) in [5.41, 5.74) is -0.810. The lowest BCUT2D eigenvalue weighted by atomic mass is 9.68. The van der Waals surface area contributed by atoms with Crippen molar-refractivity contribution in [1.29, 1.82) is 0 Å². The number of pyridine rings is 1. The molecule has 1 saturated heterocycles. The summed E-state index contributed by atoms with van der Waals surface area (Å²) in [6, 6.07) is 10.7. The topological polar surface area (TPSA) is 125 Å². The number of halogens is 4. The first-order valence-corrected chi connectivity index (χ1v) is 17.1. The summed E-state index contributed by atoms with van der Waals surface area (Å²) in [5, 5.41) is 2.53. The number of rotatable bonds is 7. The second-order valence-corrected chi connectivity index (χ2v) is 14.3. The first-order chi connectivity index (χ1) is 23.4. The van der Waals surface area contributed by atoms with Crippen LogP contribution in [-0.2, 0) is 28.2 Å². The van der Waals surface area contributed by atoms with Crippen molar-refractivity contribution >= 4 is 27.5 Å². The number of nitrogens with zero attached hydrogens (tertiary/aromatic N) is 5. The van der Waals surface area contributed by atoms with Crippen LogP contribution in [0.15, 0.2) is 84.3 Å². The fourth-order valence-corrected chi connectivity index (χ4v) is 9.00. The van der Waals surface area contributed by atoms with Gasteiger partial charge in [-0.05, 0) is 91.8 Å². The van der Waals surface area contributed by atoms with Gasteiger partial charge in [-0.3, -0.25) is 23.9 Å². The normalized spacial score (nSPS) is 18.7. The van der Waals surface area contributed by atoms with Gasteiger partial charge in [0, 0.05) is 42.7 Å². The molecule has 3 aliphatic rings. The van der Waals surface area contributed by atoms with Crippen molar-refractivity contribution < 1.29 is 35.6 Å². The number of fused-ring (bicyclic) bond motifs is 2. The van der Waals surface area contributed by atoms with Crippen LogP contribution in [0.2, 0.25) is 0 Å². The van der Waals surface area contributed by atoms with Gasteiger partial charge >= 0.3 is 6.18 Å². The van der Waals surface area contributed by atoms with Gasteiger partial charge in [-0.25, -0.2) is 17.8 Å². The molecule has 4 aromatic rings. The summed E-state index contributed by atoms with van der Waals surface area (Å²) in [5.74, 6) is -1.55. The maximum Gasteiger partial charge on any atom is 0.418 e. The van der Waals surface area contributed by atoms with E-state index in [1.54, 1.807) is 17.0 Å². The number of alkyl halides is 3. The van der Waals surface area contributed by atoms with Crippen molar-refractivity contribution in [2.75, 3.05) is 17.4 Å². The molecule has 0 bridgehead atoms. The Morgan fingerprint density at radius 2 is 1.69 bits per heavy atom. The maximum absolute atomic E-state index is 14.4. The van der Waals surface area contributed by atoms with Crippen LogP contribution in [0.25, 0.3) is 0 Å². The molecular weight excluding hydrogens is 664 g/mol. The second-order valence-electron chi connectivity index (χ2n) is 12.5. The van der Waals surface area contributed by atoms with Crippen LogP contribution in [0.1, 0.15) is 63.4 Å². The maximum atomic E-state index is 14.4. The van der Waals surface area contributed by atoms with E-state index in [-0.39, 0.29) is 46.8 Å². The number of carbonyl (C=O) groups is 2. The lowest BCUT2D eigenvalue weighted by Gasteiger charge is -2.45. The average Bonchev–Trinajstić information content (AvgIpc) is 3.90. The molecular formula is C34H30F4N6O4S. The molecule has 1 unspecified atom stereocenters. The van der Waals surface area contributed by atoms with Crippen molar-refractivity contribution in [3.05, 3.63) is 113 Å². The third-order valence-corrected chi connectivity index (χ3v) is 11.4. The van der Waals surface area contributed by atoms with Gasteiger partial charge in [0.15, 0.2) is 0 Å². The molecule has 49 heavy (non-hydrogen) atoms. The molecule has 1 spiro atoms. The van der Waals surface area contributed by atoms with Crippen LogP contribution in [0, 0.1) is 11.7 Å². The Labute approximate surface area is 279 Å². The molecule has 2 aliphatic heterocycles. The first kappa shape index (κ1) is 32.6. The SMILES string of the molecule is O=C(NCc1ncccc1C(F)(F)F)c1ccc2c(c1)C1(CCN(C(=O)c3cnccn3)CC1)C(C1CC1)N2S(=O)(=O)c1ccc(F)cc1. The number of anilines is 1. The van der Waals surface area contributed by atoms with Gasteiger partial charge in [-0.2, -0.15) is 13.2 Å². The number of sulfonamides is 1. The zero-order chi connectivity index (χ0) is 34.6. The Hall–Kier alpha value is -4.92. The largest absolute Gasteiger partial charge is 0.418 e. The monoisotopic (exact) mass is 694 g/mol. The predicted octanol–water partition coefficient (Wildman–Crippen LogP) is 5.12. The lowest BCUT2D eigenvalue weighted by Crippen LogP contribution is -2.54. The summed E-state index contributed by atoms with van der Waals surface area (Å²) in [4.78, 5) is 40.2. The molecule has 2 amide bonds. The minimum atomic E-state index is -4.66. The quantitative estimate of drug-likeness (QED) is 0.266. The summed E-state index contributed by atoms with van der Waals surface area (Å²) in [6.07, 6.45) is 3.13. The van der Waals surface area contributed by atoms with Crippen molar-refractivity contribution in [3.8, 4) is 0 Å². The Balaban J connectivity index is 1.26. The third-order valence-electron chi connectivity index (χ3n) is 9.63. The number of hydrogen-bond donors (Lipinski definition) is 1. The number of benzene rings is 2. The molecule has 2 aromatic heterocycles. The highest BCUT2D eigenvalue weighted by molar-refractivity contribution is 7.92. The highest BCUT2D eigenvalue weighted by atomic mass is 32.2. The van der Waals surface area contributed by atoms with Crippen molar-refractivity contribution in [3.63, 3.8) is 0 Å². The minimum Gasteiger partial charge on any atom is -0.346 e. The molecule has 1 N–H and O–H groups in total. The Kier molecular flexibility index (Phi) is 8.12. The van der Waals surface area contributed by atoms with Crippen LogP contribution in [0.5, 0.6) is 0 Å². The van der Waals surface area contributed by atoms with E-state index in [1.807, 2.05) is 0 Å². The van der Waals surface area contributed by atoms with Crippen molar-refractivity contribution in [2.24, 2.45) is 5.92 Å². The lowest BCUT2D eigenvalue weighted by molar-refractivity contribution is -0.138. The predicted molar refractivity (Wildman–Crippen MR) is 168 cm³/mol. The average molecular weight is 695 g/mol. The van der Waals surface area contributed by atoms with Gasteiger partial charge in [0.25, 0.3) is 21.8 Å². The standard InChI is InChI=1S/C34H30F4N6O4S/c35-23-6-8-24(9-7-23)49(47,48)44-29-10-5-22(31(45)42-20-27-25(34(36,37)38)2-1-13-40-27)18-26(29)33(30(44)21-3-4-21)11-16-43(17-12-33)32(46)28-19-39-14-15-41-28/h1-2,5-10,13-15,18-19,21,30H,3-4,11-12,16-17,20H2,(H,42,45). The van der Waals surface area contributed by atoms with Crippen molar-refractivity contribution in [2.45, 2.75) is 54.8 Å². The van der Waals surface area contributed by atoms with Crippen LogP contribution in [0.3, 0.4) is 0 Å². The third kappa shape index (κ3) is 5.89. The highest BCUT2D eigenvalue weighted by Gasteiger charge is 2.60. The summed E-state index contributed by atoms with van der Waals surface area (Å²) in [6.45, 7) is 0.0730. The van der Waals surface area contributed by atoms with E-state index < -0.39 is 51.5 Å². The fraction of sp³-hybridized carbons (Fsp3) is 0.324. The minimum absolute atomic E-state index is 0.00733. The molecule has 2 fully saturated rings. The molecule has 1 saturated carbocycles. The van der Waals surface area contributed by atoms with Crippen LogP contribution in [-0.4, -0.2) is 59.2 Å². The van der Waals surface area contributed by atoms with E-state index >= 15 is 0 Å². The summed E-state index contributed by atoms with van der Waals surface area (Å²) < 4.78 is 84.6. The number of amides is 2. The summed E-state index contributed by atoms with van der Waals surface area (Å²) in [7, 11) is -4.22. The Bertz CT molecular complexity index is 2020. The van der Waals surface area contributed by atoms with E-state index in [1.165, 1.54) is 53.4 Å². The summed E-state index contributed by atoms with van der Waals surface area (Å²) >= 11 is 0. The molecule has 10 nitrogen and oxygen atoms in total. The van der Waals surface area contributed by atoms with Gasteiger partial charge in [-0.1, -0.05) is 0 Å². The zero-order valence-corrected chi connectivity index (χ0v) is 26.7. The molecule has 15 heteroatoms. The van der Waals surface area contributed by atoms with Crippen molar-refractivity contribution in [1.82, 2.24) is 25.2 Å². The number of nitrogens with one attached hydrogen (secondary N) is 1. The van der Waals surface area contributed by atoms with E-state index in [9.17, 15) is 35.6 Å². The molecule has 7 rings (SSSR count). The number of hydrogen-bond acceptors (Lipinski definition) is 7. The first-order valence-electron chi connectivity index (χ1n) is 15.7. The number of likely N-dealkylation sites (tertiary alicyclic amines) is 1. The molecule has 254 valence electrons. The fourth-order valence-electron chi connectivity index (χ4n) is 7.20. The van der Waals surface area contributed by atoms with Crippen LogP contribution < -0.4 is 9.62 Å². The number of carbonyl (C=O) groups excluding carboxylic acids is 2. The molecule has 1 atom stereocenters. The van der Waals surface area contributed by atoms with E-state index in [4.69, 9.17) is 0 Å². The Morgan fingerprint density at radius 1 is 0.959 bits per heavy atom. The Morgan fingerprint density at radius 3 is 2.35 bits per heavy atom. The molecule has 2 aromatic carbocycles. The molecule has 4 heterocycles. The van der Waals surface area contributed by atoms with Gasteiger partial charge in [-0.15, -0.1) is 0 Å². The van der Waals surface area contributed by atoms with Gasteiger partial charge in [0.05, 0.1) is 40.6 Å². The van der Waals surface area contributed by atoms with E-state index in [2.05, 4.69) is 20.3 Å². The van der Waals surface area contributed by atoms with Crippen LogP contribution in [0.4, 0.5) is 23.2 Å². The van der Waals surface area contributed by atoms with Crippen LogP contribution >= 0.6 is 0 Å². The van der Waals surface area contributed by atoms with E-state index in [0.717, 1.165) is 31.0 Å². The second kappa shape index (κ2) is 12.2. The number of aromatic nitrogens is 3. The smallest absolute Gasteiger partial charge is 0.346 e.